The van der Waals surface area contributed by atoms with E-state index in [4.69, 9.17) is 0 Å². The van der Waals surface area contributed by atoms with Crippen LogP contribution in [-0.4, -0.2) is 67.7 Å². The van der Waals surface area contributed by atoms with Crippen LogP contribution in [-0.2, 0) is 12.8 Å². The molecule has 2 heterocycles. The Morgan fingerprint density at radius 1 is 0.479 bits per heavy atom. The molecule has 7 nitrogen and oxygen atoms in total. The highest BCUT2D eigenvalue weighted by Gasteiger charge is 2.23. The van der Waals surface area contributed by atoms with Gasteiger partial charge in [0.15, 0.2) is 17.3 Å². The number of ketones is 3. The summed E-state index contributed by atoms with van der Waals surface area (Å²) in [4.78, 5) is 44.0. The molecule has 4 unspecified atom stereocenters. The van der Waals surface area contributed by atoms with Gasteiger partial charge in [-0.25, -0.2) is 0 Å². The van der Waals surface area contributed by atoms with E-state index >= 15 is 0 Å². The molecule has 2 N–H and O–H groups in total. The van der Waals surface area contributed by atoms with Gasteiger partial charge in [-0.05, 0) is 87.4 Å². The minimum Gasteiger partial charge on any atom is -0.368 e. The van der Waals surface area contributed by atoms with Gasteiger partial charge in [-0.1, -0.05) is 48.5 Å². The lowest BCUT2D eigenvalue weighted by atomic mass is 9.97. The van der Waals surface area contributed by atoms with Crippen molar-refractivity contribution in [3.8, 4) is 0 Å². The third-order valence-corrected chi connectivity index (χ3v) is 9.39. The van der Waals surface area contributed by atoms with Crippen LogP contribution < -0.4 is 20.4 Å². The molecule has 0 bridgehead atoms. The van der Waals surface area contributed by atoms with E-state index < -0.39 is 0 Å². The number of carbonyl (C=O) groups excluding carboxylic acids is 3. The highest BCUT2D eigenvalue weighted by Crippen LogP contribution is 2.22. The maximum Gasteiger partial charge on any atom is 0.193 e. The fourth-order valence-corrected chi connectivity index (χ4v) is 7.08. The highest BCUT2D eigenvalue weighted by atomic mass is 16.1. The Bertz CT molecular complexity index is 1580. The largest absolute Gasteiger partial charge is 0.368 e. The van der Waals surface area contributed by atoms with Crippen molar-refractivity contribution in [2.75, 3.05) is 36.0 Å². The van der Waals surface area contributed by atoms with Gasteiger partial charge in [0.25, 0.3) is 0 Å². The van der Waals surface area contributed by atoms with Gasteiger partial charge < -0.3 is 20.4 Å². The fraction of sp³-hybridized carbons (Fsp3) is 0.341. The Hall–Kier alpha value is -4.59. The van der Waals surface area contributed by atoms with Crippen LogP contribution in [0.2, 0.25) is 0 Å². The average molecular weight is 643 g/mol. The van der Waals surface area contributed by atoms with E-state index in [1.807, 2.05) is 72.8 Å². The number of rotatable bonds is 10. The number of hydrogen-bond donors (Lipinski definition) is 2. The average Bonchev–Trinajstić information content (AvgIpc) is 3.08. The molecular formula is C41H46N4O3. The molecule has 4 aromatic carbocycles. The van der Waals surface area contributed by atoms with Crippen LogP contribution in [0.5, 0.6) is 0 Å². The summed E-state index contributed by atoms with van der Waals surface area (Å²) in [5, 5.41) is 7.10. The fourth-order valence-electron chi connectivity index (χ4n) is 7.08. The Balaban J connectivity index is 1.01. The van der Waals surface area contributed by atoms with Gasteiger partial charge >= 0.3 is 0 Å². The molecule has 2 aliphatic rings. The van der Waals surface area contributed by atoms with Crippen molar-refractivity contribution < 1.29 is 14.4 Å². The molecule has 0 radical (unpaired) electrons. The normalized spacial score (nSPS) is 21.2. The van der Waals surface area contributed by atoms with E-state index in [1.54, 1.807) is 24.3 Å². The van der Waals surface area contributed by atoms with Crippen LogP contribution in [0.15, 0.2) is 97.1 Å². The van der Waals surface area contributed by atoms with Crippen LogP contribution in [0.4, 0.5) is 11.4 Å². The summed E-state index contributed by atoms with van der Waals surface area (Å²) in [5.74, 6) is 0.00479. The molecule has 48 heavy (non-hydrogen) atoms. The zero-order valence-corrected chi connectivity index (χ0v) is 28.4. The van der Waals surface area contributed by atoms with Gasteiger partial charge in [0.05, 0.1) is 0 Å². The van der Waals surface area contributed by atoms with Crippen LogP contribution in [0.25, 0.3) is 0 Å². The molecule has 0 amide bonds. The monoisotopic (exact) mass is 642 g/mol. The first-order valence-corrected chi connectivity index (χ1v) is 17.1. The Morgan fingerprint density at radius 2 is 0.771 bits per heavy atom. The zero-order chi connectivity index (χ0) is 33.8. The number of benzene rings is 4. The lowest BCUT2D eigenvalue weighted by molar-refractivity contribution is 0.0985. The Labute approximate surface area is 284 Å². The van der Waals surface area contributed by atoms with E-state index in [0.29, 0.717) is 46.4 Å². The summed E-state index contributed by atoms with van der Waals surface area (Å²) in [6.07, 6.45) is 0.546. The van der Waals surface area contributed by atoms with E-state index in [9.17, 15) is 14.4 Å². The number of anilines is 2. The van der Waals surface area contributed by atoms with Crippen molar-refractivity contribution in [2.24, 2.45) is 0 Å². The summed E-state index contributed by atoms with van der Waals surface area (Å²) in [6, 6.07) is 32.0. The smallest absolute Gasteiger partial charge is 0.193 e. The molecule has 4 aromatic rings. The second-order valence-electron chi connectivity index (χ2n) is 13.8. The van der Waals surface area contributed by atoms with Crippen molar-refractivity contribution >= 4 is 28.7 Å². The van der Waals surface area contributed by atoms with E-state index in [1.165, 1.54) is 0 Å². The summed E-state index contributed by atoms with van der Waals surface area (Å²) >= 11 is 0. The van der Waals surface area contributed by atoms with Gasteiger partial charge in [0.1, 0.15) is 0 Å². The third kappa shape index (κ3) is 8.09. The molecule has 6 rings (SSSR count). The first kappa shape index (κ1) is 33.3. The quantitative estimate of drug-likeness (QED) is 0.201. The SMILES string of the molecule is CC1CN(c2ccc(C(=O)Cc3ccc(C(=O)c4ccc(CC(=O)c5ccc(N6CC(C)NC(C)C6)cc5)cc4)cc3)cc2)CC(C)N1. The molecule has 4 atom stereocenters. The topological polar surface area (TPSA) is 81.8 Å². The number of nitrogens with zero attached hydrogens (tertiary/aromatic N) is 2. The number of nitrogens with one attached hydrogen (secondary N) is 2. The predicted molar refractivity (Wildman–Crippen MR) is 194 cm³/mol. The van der Waals surface area contributed by atoms with Crippen molar-refractivity contribution in [2.45, 2.75) is 64.7 Å². The predicted octanol–water partition coefficient (Wildman–Crippen LogP) is 6.14. The molecule has 248 valence electrons. The molecule has 7 heteroatoms. The number of hydrogen-bond acceptors (Lipinski definition) is 7. The summed E-state index contributed by atoms with van der Waals surface area (Å²) in [6.45, 7) is 12.5. The van der Waals surface area contributed by atoms with Gasteiger partial charge in [0.2, 0.25) is 0 Å². The molecule has 0 saturated carbocycles. The first-order chi connectivity index (χ1) is 23.1. The summed E-state index contributed by atoms with van der Waals surface area (Å²) < 4.78 is 0. The second kappa shape index (κ2) is 14.7. The van der Waals surface area contributed by atoms with E-state index in [-0.39, 0.29) is 30.2 Å². The lowest BCUT2D eigenvalue weighted by Gasteiger charge is -2.37. The molecular weight excluding hydrogens is 596 g/mol. The van der Waals surface area contributed by atoms with Gasteiger partial charge in [-0.3, -0.25) is 14.4 Å². The first-order valence-electron chi connectivity index (χ1n) is 17.1. The van der Waals surface area contributed by atoms with Crippen molar-refractivity contribution in [3.63, 3.8) is 0 Å². The van der Waals surface area contributed by atoms with E-state index in [0.717, 1.165) is 48.7 Å². The van der Waals surface area contributed by atoms with Gasteiger partial charge in [-0.2, -0.15) is 0 Å². The lowest BCUT2D eigenvalue weighted by Crippen LogP contribution is -2.54. The van der Waals surface area contributed by atoms with Crippen LogP contribution in [0.1, 0.15) is 75.5 Å². The third-order valence-electron chi connectivity index (χ3n) is 9.39. The molecule has 0 spiro atoms. The molecule has 2 aliphatic heterocycles. The van der Waals surface area contributed by atoms with Crippen LogP contribution in [0.3, 0.4) is 0 Å². The number of piperazine rings is 2. The van der Waals surface area contributed by atoms with Crippen molar-refractivity contribution in [1.29, 1.82) is 0 Å². The Kier molecular flexibility index (Phi) is 10.2. The molecule has 2 saturated heterocycles. The van der Waals surface area contributed by atoms with Crippen molar-refractivity contribution in [1.82, 2.24) is 10.6 Å². The highest BCUT2D eigenvalue weighted by molar-refractivity contribution is 6.09. The molecule has 2 fully saturated rings. The standard InChI is InChI=1S/C41H46N4O3/c1-27-23-44(24-28(2)42-27)37-17-13-33(14-18-37)39(46)21-31-5-9-35(10-6-31)41(48)36-11-7-32(8-12-36)22-40(47)34-15-19-38(20-16-34)45-25-29(3)43-30(4)26-45/h5-20,27-30,42-43H,21-26H2,1-4H3. The van der Waals surface area contributed by atoms with Gasteiger partial charge in [-0.15, -0.1) is 0 Å². The van der Waals surface area contributed by atoms with Gasteiger partial charge in [0, 0.05) is 96.8 Å². The minimum absolute atomic E-state index is 0.0487. The van der Waals surface area contributed by atoms with Crippen LogP contribution >= 0.6 is 0 Å². The molecule has 0 aromatic heterocycles. The summed E-state index contributed by atoms with van der Waals surface area (Å²) in [7, 11) is 0. The zero-order valence-electron chi connectivity index (χ0n) is 28.4. The molecule has 0 aliphatic carbocycles. The summed E-state index contributed by atoms with van der Waals surface area (Å²) in [5.41, 5.74) is 6.49. The second-order valence-corrected chi connectivity index (χ2v) is 13.8. The minimum atomic E-state index is -0.0926. The Morgan fingerprint density at radius 3 is 1.08 bits per heavy atom. The van der Waals surface area contributed by atoms with Crippen molar-refractivity contribution in [3.05, 3.63) is 130 Å². The number of Topliss-reactive ketones (excluding diaryl/α,β-unsaturated/α-hetero) is 2. The number of carbonyl (C=O) groups is 3. The maximum absolute atomic E-state index is 13.2. The maximum atomic E-state index is 13.2. The van der Waals surface area contributed by atoms with E-state index in [2.05, 4.69) is 48.1 Å². The van der Waals surface area contributed by atoms with Crippen LogP contribution in [0, 0.1) is 0 Å².